The Labute approximate surface area is 133 Å². The molecule has 0 aliphatic heterocycles. The van der Waals surface area contributed by atoms with Crippen LogP contribution in [-0.2, 0) is 0 Å². The van der Waals surface area contributed by atoms with E-state index in [1.807, 2.05) is 0 Å². The third kappa shape index (κ3) is 19.9. The number of aliphatic hydroxyl groups excluding tert-OH is 1. The minimum Gasteiger partial charge on any atom is -0.379 e. The largest absolute Gasteiger partial charge is 0.379 e. The van der Waals surface area contributed by atoms with Crippen molar-refractivity contribution in [2.24, 2.45) is 5.73 Å². The Balaban J connectivity index is 2.93. The standard InChI is InChI=1S/C19H41NO/c1-2-3-4-5-6-7-8-9-10-11-12-13-14-15-16-17-18-19(20)21/h19,21H,2-18,20H2,1H3. The topological polar surface area (TPSA) is 46.2 Å². The highest BCUT2D eigenvalue weighted by atomic mass is 16.3. The van der Waals surface area contributed by atoms with Crippen molar-refractivity contribution >= 4 is 0 Å². The molecule has 1 atom stereocenters. The Kier molecular flexibility index (Phi) is 17.9. The fourth-order valence-electron chi connectivity index (χ4n) is 2.90. The van der Waals surface area contributed by atoms with Crippen LogP contribution in [0.3, 0.4) is 0 Å². The van der Waals surface area contributed by atoms with Gasteiger partial charge in [0.05, 0.1) is 0 Å². The van der Waals surface area contributed by atoms with E-state index in [2.05, 4.69) is 6.92 Å². The zero-order valence-electron chi connectivity index (χ0n) is 14.6. The van der Waals surface area contributed by atoms with E-state index in [1.165, 1.54) is 96.3 Å². The monoisotopic (exact) mass is 299 g/mol. The van der Waals surface area contributed by atoms with Crippen LogP contribution in [0.1, 0.15) is 116 Å². The molecule has 0 aliphatic carbocycles. The molecule has 21 heavy (non-hydrogen) atoms. The van der Waals surface area contributed by atoms with E-state index in [1.54, 1.807) is 0 Å². The van der Waals surface area contributed by atoms with Gasteiger partial charge in [0, 0.05) is 0 Å². The quantitative estimate of drug-likeness (QED) is 0.259. The van der Waals surface area contributed by atoms with Gasteiger partial charge in [0.15, 0.2) is 0 Å². The van der Waals surface area contributed by atoms with E-state index in [4.69, 9.17) is 10.8 Å². The Morgan fingerprint density at radius 3 is 1.14 bits per heavy atom. The van der Waals surface area contributed by atoms with E-state index in [9.17, 15) is 0 Å². The average molecular weight is 300 g/mol. The summed E-state index contributed by atoms with van der Waals surface area (Å²) >= 11 is 0. The maximum atomic E-state index is 8.95. The van der Waals surface area contributed by atoms with Crippen molar-refractivity contribution < 1.29 is 5.11 Å². The van der Waals surface area contributed by atoms with Gasteiger partial charge >= 0.3 is 0 Å². The molecule has 0 fully saturated rings. The number of nitrogens with two attached hydrogens (primary N) is 1. The third-order valence-electron chi connectivity index (χ3n) is 4.35. The maximum absolute atomic E-state index is 8.95. The molecule has 0 aliphatic rings. The molecule has 128 valence electrons. The lowest BCUT2D eigenvalue weighted by Gasteiger charge is -2.04. The zero-order chi connectivity index (χ0) is 15.6. The molecule has 0 bridgehead atoms. The second-order valence-corrected chi connectivity index (χ2v) is 6.66. The molecule has 0 radical (unpaired) electrons. The molecular formula is C19H41NO. The highest BCUT2D eigenvalue weighted by Crippen LogP contribution is 2.14. The first-order valence-electron chi connectivity index (χ1n) is 9.71. The minimum absolute atomic E-state index is 0.600. The molecule has 0 spiro atoms. The van der Waals surface area contributed by atoms with Gasteiger partial charge in [-0.25, -0.2) is 0 Å². The molecule has 0 heterocycles. The molecule has 0 saturated carbocycles. The molecule has 0 saturated heterocycles. The summed E-state index contributed by atoms with van der Waals surface area (Å²) < 4.78 is 0. The van der Waals surface area contributed by atoms with E-state index in [0.717, 1.165) is 12.8 Å². The predicted molar refractivity (Wildman–Crippen MR) is 94.4 cm³/mol. The molecule has 1 unspecified atom stereocenters. The zero-order valence-corrected chi connectivity index (χ0v) is 14.6. The van der Waals surface area contributed by atoms with E-state index >= 15 is 0 Å². The second-order valence-electron chi connectivity index (χ2n) is 6.66. The summed E-state index contributed by atoms with van der Waals surface area (Å²) in [5, 5.41) is 8.95. The fourth-order valence-corrected chi connectivity index (χ4v) is 2.90. The number of aliphatic hydroxyl groups is 1. The van der Waals surface area contributed by atoms with Crippen molar-refractivity contribution in [3.63, 3.8) is 0 Å². The summed E-state index contributed by atoms with van der Waals surface area (Å²) in [6.45, 7) is 2.28. The Hall–Kier alpha value is -0.0800. The van der Waals surface area contributed by atoms with Gasteiger partial charge in [-0.15, -0.1) is 0 Å². The van der Waals surface area contributed by atoms with Crippen molar-refractivity contribution in [2.75, 3.05) is 0 Å². The van der Waals surface area contributed by atoms with Crippen LogP contribution < -0.4 is 5.73 Å². The van der Waals surface area contributed by atoms with Crippen molar-refractivity contribution in [1.29, 1.82) is 0 Å². The van der Waals surface area contributed by atoms with Gasteiger partial charge in [0.2, 0.25) is 0 Å². The lowest BCUT2D eigenvalue weighted by molar-refractivity contribution is 0.168. The van der Waals surface area contributed by atoms with Crippen LogP contribution in [0.2, 0.25) is 0 Å². The van der Waals surface area contributed by atoms with Gasteiger partial charge < -0.3 is 10.8 Å². The van der Waals surface area contributed by atoms with Crippen LogP contribution >= 0.6 is 0 Å². The van der Waals surface area contributed by atoms with E-state index in [0.29, 0.717) is 0 Å². The molecular weight excluding hydrogens is 258 g/mol. The molecule has 0 amide bonds. The van der Waals surface area contributed by atoms with Crippen molar-refractivity contribution in [2.45, 2.75) is 122 Å². The van der Waals surface area contributed by atoms with Crippen LogP contribution in [0.25, 0.3) is 0 Å². The summed E-state index contributed by atoms with van der Waals surface area (Å²) in [5.74, 6) is 0. The van der Waals surface area contributed by atoms with Crippen LogP contribution in [0.4, 0.5) is 0 Å². The third-order valence-corrected chi connectivity index (χ3v) is 4.35. The Morgan fingerprint density at radius 2 is 0.857 bits per heavy atom. The van der Waals surface area contributed by atoms with E-state index < -0.39 is 6.23 Å². The van der Waals surface area contributed by atoms with Gasteiger partial charge in [-0.1, -0.05) is 103 Å². The van der Waals surface area contributed by atoms with Gasteiger partial charge in [-0.05, 0) is 12.8 Å². The smallest absolute Gasteiger partial charge is 0.102 e. The van der Waals surface area contributed by atoms with Crippen LogP contribution in [-0.4, -0.2) is 11.3 Å². The summed E-state index contributed by atoms with van der Waals surface area (Å²) in [4.78, 5) is 0. The average Bonchev–Trinajstić information content (AvgIpc) is 2.46. The molecule has 0 rings (SSSR count). The fraction of sp³-hybridized carbons (Fsp3) is 1.00. The van der Waals surface area contributed by atoms with Gasteiger partial charge in [-0.3, -0.25) is 0 Å². The van der Waals surface area contributed by atoms with Crippen molar-refractivity contribution in [3.05, 3.63) is 0 Å². The SMILES string of the molecule is CCCCCCCCCCCCCCCCCCC(N)O. The first kappa shape index (κ1) is 20.9. The number of hydrogen-bond acceptors (Lipinski definition) is 2. The molecule has 2 heteroatoms. The lowest BCUT2D eigenvalue weighted by atomic mass is 10.0. The molecule has 0 aromatic carbocycles. The van der Waals surface area contributed by atoms with Crippen LogP contribution in [0.5, 0.6) is 0 Å². The summed E-state index contributed by atoms with van der Waals surface area (Å²) in [7, 11) is 0. The van der Waals surface area contributed by atoms with Crippen molar-refractivity contribution in [3.8, 4) is 0 Å². The Bertz CT molecular complexity index is 182. The molecule has 0 aromatic rings. The number of hydrogen-bond donors (Lipinski definition) is 2. The normalized spacial score (nSPS) is 12.7. The minimum atomic E-state index is -0.600. The summed E-state index contributed by atoms with van der Waals surface area (Å²) in [5.41, 5.74) is 5.31. The Morgan fingerprint density at radius 1 is 0.571 bits per heavy atom. The highest BCUT2D eigenvalue weighted by molar-refractivity contribution is 4.51. The molecule has 3 N–H and O–H groups in total. The number of rotatable bonds is 17. The highest BCUT2D eigenvalue weighted by Gasteiger charge is 1.96. The maximum Gasteiger partial charge on any atom is 0.102 e. The first-order valence-corrected chi connectivity index (χ1v) is 9.71. The lowest BCUT2D eigenvalue weighted by Crippen LogP contribution is -2.17. The van der Waals surface area contributed by atoms with Gasteiger partial charge in [-0.2, -0.15) is 0 Å². The van der Waals surface area contributed by atoms with Crippen LogP contribution in [0, 0.1) is 0 Å². The van der Waals surface area contributed by atoms with Crippen LogP contribution in [0.15, 0.2) is 0 Å². The number of unbranched alkanes of at least 4 members (excludes halogenated alkanes) is 15. The second kappa shape index (κ2) is 18.0. The van der Waals surface area contributed by atoms with E-state index in [-0.39, 0.29) is 0 Å². The van der Waals surface area contributed by atoms with Gasteiger partial charge in [0.25, 0.3) is 0 Å². The molecule has 2 nitrogen and oxygen atoms in total. The van der Waals surface area contributed by atoms with Crippen molar-refractivity contribution in [1.82, 2.24) is 0 Å². The molecule has 0 aromatic heterocycles. The first-order chi connectivity index (χ1) is 10.3. The predicted octanol–water partition coefficient (Wildman–Crippen LogP) is 5.92. The summed E-state index contributed by atoms with van der Waals surface area (Å²) in [6.07, 6.45) is 22.3. The van der Waals surface area contributed by atoms with Gasteiger partial charge in [0.1, 0.15) is 6.23 Å². The summed E-state index contributed by atoms with van der Waals surface area (Å²) in [6, 6.07) is 0.